The fraction of sp³-hybridized carbons (Fsp3) is 0.118. The Morgan fingerprint density at radius 1 is 1.12 bits per heavy atom. The quantitative estimate of drug-likeness (QED) is 0.711. The van der Waals surface area contributed by atoms with Gasteiger partial charge >= 0.3 is 0 Å². The van der Waals surface area contributed by atoms with E-state index in [0.717, 1.165) is 11.1 Å². The number of nitrogens with zero attached hydrogens (tertiary/aromatic N) is 3. The molecule has 0 N–H and O–H groups in total. The summed E-state index contributed by atoms with van der Waals surface area (Å²) in [5.74, 6) is 1.13. The molecule has 0 radical (unpaired) electrons. The molecule has 2 aromatic carbocycles. The molecule has 0 spiro atoms. The Balaban J connectivity index is 1.96. The number of hydrogen-bond acceptors (Lipinski definition) is 4. The first-order valence-corrected chi connectivity index (χ1v) is 7.85. The third-order valence-corrected chi connectivity index (χ3v) is 4.15. The van der Waals surface area contributed by atoms with Crippen LogP contribution in [-0.4, -0.2) is 21.9 Å². The Hall–Kier alpha value is -2.37. The number of ether oxygens (including phenoxy) is 1. The van der Waals surface area contributed by atoms with Gasteiger partial charge in [-0.15, -0.1) is 5.10 Å². The molecule has 0 amide bonds. The lowest BCUT2D eigenvalue weighted by Crippen LogP contribution is -2.24. The van der Waals surface area contributed by atoms with Crippen LogP contribution >= 0.6 is 23.2 Å². The molecule has 0 aliphatic heterocycles. The first-order valence-electron chi connectivity index (χ1n) is 7.09. The number of aromatic nitrogens is 3. The van der Waals surface area contributed by atoms with Gasteiger partial charge in [0.15, 0.2) is 5.82 Å². The Bertz CT molecular complexity index is 941. The normalized spacial score (nSPS) is 10.6. The van der Waals surface area contributed by atoms with Gasteiger partial charge in [-0.2, -0.15) is 0 Å². The first-order chi connectivity index (χ1) is 11.6. The van der Waals surface area contributed by atoms with Crippen LogP contribution in [0.3, 0.4) is 0 Å². The van der Waals surface area contributed by atoms with Gasteiger partial charge in [0.05, 0.1) is 29.9 Å². The van der Waals surface area contributed by atoms with Gasteiger partial charge in [-0.1, -0.05) is 41.4 Å². The molecule has 1 aromatic heterocycles. The fourth-order valence-electron chi connectivity index (χ4n) is 2.19. The van der Waals surface area contributed by atoms with Crippen molar-refractivity contribution >= 4 is 23.2 Å². The molecule has 3 rings (SSSR count). The predicted molar refractivity (Wildman–Crippen MR) is 93.8 cm³/mol. The maximum absolute atomic E-state index is 12.0. The molecule has 7 heteroatoms. The molecule has 0 unspecified atom stereocenters. The van der Waals surface area contributed by atoms with E-state index in [0.29, 0.717) is 21.6 Å². The van der Waals surface area contributed by atoms with Gasteiger partial charge in [0.25, 0.3) is 5.56 Å². The average molecular weight is 362 g/mol. The summed E-state index contributed by atoms with van der Waals surface area (Å²) >= 11 is 11.9. The lowest BCUT2D eigenvalue weighted by molar-refractivity contribution is 0.415. The Morgan fingerprint density at radius 2 is 1.96 bits per heavy atom. The summed E-state index contributed by atoms with van der Waals surface area (Å²) in [7, 11) is 1.59. The van der Waals surface area contributed by atoms with Crippen LogP contribution in [0.2, 0.25) is 10.0 Å². The van der Waals surface area contributed by atoms with E-state index in [-0.39, 0.29) is 12.1 Å². The molecular formula is C17H13Cl2N3O2. The van der Waals surface area contributed by atoms with Gasteiger partial charge < -0.3 is 4.74 Å². The highest BCUT2D eigenvalue weighted by atomic mass is 35.5. The maximum atomic E-state index is 12.0. The summed E-state index contributed by atoms with van der Waals surface area (Å²) in [5, 5.41) is 5.23. The van der Waals surface area contributed by atoms with Crippen LogP contribution in [0.4, 0.5) is 0 Å². The highest BCUT2D eigenvalue weighted by molar-refractivity contribution is 6.42. The van der Waals surface area contributed by atoms with Crippen molar-refractivity contribution in [2.45, 2.75) is 6.54 Å². The smallest absolute Gasteiger partial charge is 0.285 e. The minimum absolute atomic E-state index is 0.273. The van der Waals surface area contributed by atoms with Crippen molar-refractivity contribution in [3.8, 4) is 17.1 Å². The number of methoxy groups -OCH3 is 1. The highest BCUT2D eigenvalue weighted by Crippen LogP contribution is 2.23. The van der Waals surface area contributed by atoms with E-state index in [4.69, 9.17) is 27.9 Å². The molecule has 0 atom stereocenters. The zero-order valence-corrected chi connectivity index (χ0v) is 14.3. The molecule has 0 saturated carbocycles. The van der Waals surface area contributed by atoms with Crippen molar-refractivity contribution in [3.05, 3.63) is 74.6 Å². The molecule has 0 fully saturated rings. The van der Waals surface area contributed by atoms with Gasteiger partial charge in [-0.25, -0.2) is 9.67 Å². The molecule has 0 aliphatic carbocycles. The van der Waals surface area contributed by atoms with Crippen molar-refractivity contribution in [1.29, 1.82) is 0 Å². The van der Waals surface area contributed by atoms with Crippen molar-refractivity contribution in [2.75, 3.05) is 7.11 Å². The largest absolute Gasteiger partial charge is 0.497 e. The molecular weight excluding hydrogens is 349 g/mol. The van der Waals surface area contributed by atoms with Gasteiger partial charge in [0.1, 0.15) is 5.75 Å². The minimum atomic E-state index is -0.298. The molecule has 24 heavy (non-hydrogen) atoms. The summed E-state index contributed by atoms with van der Waals surface area (Å²) in [5.41, 5.74) is 1.28. The summed E-state index contributed by atoms with van der Waals surface area (Å²) in [6.45, 7) is 0.273. The monoisotopic (exact) mass is 361 g/mol. The summed E-state index contributed by atoms with van der Waals surface area (Å²) < 4.78 is 6.53. The Labute approximate surface area is 148 Å². The van der Waals surface area contributed by atoms with Crippen molar-refractivity contribution in [2.24, 2.45) is 0 Å². The van der Waals surface area contributed by atoms with Gasteiger partial charge in [-0.05, 0) is 29.8 Å². The molecule has 122 valence electrons. The van der Waals surface area contributed by atoms with E-state index in [2.05, 4.69) is 10.1 Å². The lowest BCUT2D eigenvalue weighted by Gasteiger charge is -2.08. The summed E-state index contributed by atoms with van der Waals surface area (Å²) in [6.07, 6.45) is 1.25. The molecule has 3 aromatic rings. The number of hydrogen-bond donors (Lipinski definition) is 0. The number of halogens is 2. The summed E-state index contributed by atoms with van der Waals surface area (Å²) in [4.78, 5) is 16.1. The van der Waals surface area contributed by atoms with Gasteiger partial charge in [0.2, 0.25) is 0 Å². The molecule has 1 heterocycles. The number of benzene rings is 2. The average Bonchev–Trinajstić information content (AvgIpc) is 2.60. The maximum Gasteiger partial charge on any atom is 0.285 e. The van der Waals surface area contributed by atoms with Crippen molar-refractivity contribution in [3.63, 3.8) is 0 Å². The van der Waals surface area contributed by atoms with Crippen LogP contribution in [-0.2, 0) is 6.54 Å². The topological polar surface area (TPSA) is 57.0 Å². The van der Waals surface area contributed by atoms with E-state index in [1.54, 1.807) is 25.3 Å². The third kappa shape index (κ3) is 3.58. The SMILES string of the molecule is COc1cccc(-c2ncc(=O)n(Cc3ccc(Cl)c(Cl)c3)n2)c1. The molecule has 0 saturated heterocycles. The summed E-state index contributed by atoms with van der Waals surface area (Å²) in [6, 6.07) is 12.5. The Morgan fingerprint density at radius 3 is 2.71 bits per heavy atom. The molecule has 0 aliphatic rings. The lowest BCUT2D eigenvalue weighted by atomic mass is 10.2. The highest BCUT2D eigenvalue weighted by Gasteiger charge is 2.08. The second-order valence-electron chi connectivity index (χ2n) is 5.06. The standard InChI is InChI=1S/C17H13Cl2N3O2/c1-24-13-4-2-3-12(8-13)17-20-9-16(23)22(21-17)10-11-5-6-14(18)15(19)7-11/h2-9H,10H2,1H3. The van der Waals surface area contributed by atoms with Crippen LogP contribution in [0.5, 0.6) is 5.75 Å². The second kappa shape index (κ2) is 7.03. The first kappa shape index (κ1) is 16.5. The van der Waals surface area contributed by atoms with E-state index >= 15 is 0 Å². The van der Waals surface area contributed by atoms with Crippen molar-refractivity contribution < 1.29 is 4.74 Å². The van der Waals surface area contributed by atoms with Crippen LogP contribution in [0, 0.1) is 0 Å². The van der Waals surface area contributed by atoms with Crippen LogP contribution < -0.4 is 10.3 Å². The van der Waals surface area contributed by atoms with Crippen LogP contribution in [0.1, 0.15) is 5.56 Å². The molecule has 0 bridgehead atoms. The van der Waals surface area contributed by atoms with Crippen LogP contribution in [0.25, 0.3) is 11.4 Å². The zero-order chi connectivity index (χ0) is 17.1. The van der Waals surface area contributed by atoms with E-state index in [1.807, 2.05) is 24.3 Å². The third-order valence-electron chi connectivity index (χ3n) is 3.41. The van der Waals surface area contributed by atoms with E-state index in [1.165, 1.54) is 10.9 Å². The van der Waals surface area contributed by atoms with E-state index < -0.39 is 0 Å². The fourth-order valence-corrected chi connectivity index (χ4v) is 2.51. The number of rotatable bonds is 4. The second-order valence-corrected chi connectivity index (χ2v) is 5.87. The van der Waals surface area contributed by atoms with Gasteiger partial charge in [-0.3, -0.25) is 4.79 Å². The minimum Gasteiger partial charge on any atom is -0.497 e. The van der Waals surface area contributed by atoms with Crippen LogP contribution in [0.15, 0.2) is 53.5 Å². The predicted octanol–water partition coefficient (Wildman–Crippen LogP) is 3.67. The zero-order valence-electron chi connectivity index (χ0n) is 12.7. The Kier molecular flexibility index (Phi) is 4.83. The van der Waals surface area contributed by atoms with Gasteiger partial charge in [0, 0.05) is 5.56 Å². The van der Waals surface area contributed by atoms with E-state index in [9.17, 15) is 4.79 Å². The molecule has 5 nitrogen and oxygen atoms in total. The van der Waals surface area contributed by atoms with Crippen molar-refractivity contribution in [1.82, 2.24) is 14.8 Å².